The number of carbonyl (C=O) groups excluding carboxylic acids is 1. The van der Waals surface area contributed by atoms with E-state index in [2.05, 4.69) is 20.4 Å². The number of piperidine rings is 1. The van der Waals surface area contributed by atoms with Crippen LogP contribution in [0.1, 0.15) is 29.6 Å². The van der Waals surface area contributed by atoms with Crippen LogP contribution in [0.25, 0.3) is 0 Å². The molecular weight excluding hydrogens is 319 g/mol. The molecule has 1 fully saturated rings. The molecule has 0 spiro atoms. The topological polar surface area (TPSA) is 58.1 Å². The van der Waals surface area contributed by atoms with Crippen LogP contribution in [0.15, 0.2) is 30.3 Å². The summed E-state index contributed by atoms with van der Waals surface area (Å²) in [7, 11) is 0. The maximum absolute atomic E-state index is 13.7. The molecule has 2 aromatic rings. The van der Waals surface area contributed by atoms with Crippen molar-refractivity contribution in [1.82, 2.24) is 10.2 Å². The van der Waals surface area contributed by atoms with Crippen molar-refractivity contribution in [2.24, 2.45) is 0 Å². The Morgan fingerprint density at radius 3 is 2.57 bits per heavy atom. The lowest BCUT2D eigenvalue weighted by Crippen LogP contribution is -2.30. The fourth-order valence-corrected chi connectivity index (χ4v) is 2.83. The summed E-state index contributed by atoms with van der Waals surface area (Å²) < 4.78 is 13.7. The molecule has 1 saturated heterocycles. The van der Waals surface area contributed by atoms with Gasteiger partial charge in [0.15, 0.2) is 11.6 Å². The standard InChI is InChI=1S/C16H16ClFN4O/c17-11-5-4-6-12(18)15(11)16(23)19-13-7-8-14(21-20-13)22-9-2-1-3-10-22/h4-8H,1-3,9-10H2,(H,19,20,23). The molecule has 1 aliphatic rings. The van der Waals surface area contributed by atoms with Crippen LogP contribution in [0.2, 0.25) is 5.02 Å². The molecule has 0 aliphatic carbocycles. The van der Waals surface area contributed by atoms with Crippen LogP contribution < -0.4 is 10.2 Å². The van der Waals surface area contributed by atoms with Crippen molar-refractivity contribution in [1.29, 1.82) is 0 Å². The SMILES string of the molecule is O=C(Nc1ccc(N2CCCCC2)nn1)c1c(F)cccc1Cl. The number of benzene rings is 1. The van der Waals surface area contributed by atoms with Crippen molar-refractivity contribution in [3.8, 4) is 0 Å². The molecule has 120 valence electrons. The fourth-order valence-electron chi connectivity index (χ4n) is 2.58. The number of carbonyl (C=O) groups is 1. The fraction of sp³-hybridized carbons (Fsp3) is 0.312. The maximum atomic E-state index is 13.7. The summed E-state index contributed by atoms with van der Waals surface area (Å²) in [5.41, 5.74) is -0.198. The molecule has 3 rings (SSSR count). The lowest BCUT2D eigenvalue weighted by atomic mass is 10.1. The first-order chi connectivity index (χ1) is 11.1. The second-order valence-electron chi connectivity index (χ2n) is 5.38. The van der Waals surface area contributed by atoms with Crippen molar-refractivity contribution in [3.05, 3.63) is 46.7 Å². The number of anilines is 2. The van der Waals surface area contributed by atoms with Gasteiger partial charge in [-0.2, -0.15) is 0 Å². The van der Waals surface area contributed by atoms with Crippen LogP contribution in [-0.4, -0.2) is 29.2 Å². The first-order valence-electron chi connectivity index (χ1n) is 7.49. The molecule has 0 saturated carbocycles. The molecular formula is C16H16ClFN4O. The molecule has 5 nitrogen and oxygen atoms in total. The Balaban J connectivity index is 1.72. The normalized spacial score (nSPS) is 14.6. The van der Waals surface area contributed by atoms with Gasteiger partial charge in [0.1, 0.15) is 5.82 Å². The van der Waals surface area contributed by atoms with E-state index >= 15 is 0 Å². The predicted octanol–water partition coefficient (Wildman–Crippen LogP) is 3.51. The zero-order valence-electron chi connectivity index (χ0n) is 12.4. The van der Waals surface area contributed by atoms with E-state index in [9.17, 15) is 9.18 Å². The van der Waals surface area contributed by atoms with E-state index in [0.29, 0.717) is 0 Å². The van der Waals surface area contributed by atoms with E-state index in [1.807, 2.05) is 0 Å². The molecule has 1 aromatic carbocycles. The van der Waals surface area contributed by atoms with Gasteiger partial charge >= 0.3 is 0 Å². The molecule has 1 aromatic heterocycles. The third kappa shape index (κ3) is 3.59. The number of hydrogen-bond donors (Lipinski definition) is 1. The third-order valence-corrected chi connectivity index (χ3v) is 4.08. The van der Waals surface area contributed by atoms with Gasteiger partial charge < -0.3 is 10.2 Å². The summed E-state index contributed by atoms with van der Waals surface area (Å²) in [5.74, 6) is -0.275. The summed E-state index contributed by atoms with van der Waals surface area (Å²) in [6.07, 6.45) is 3.53. The molecule has 0 bridgehead atoms. The summed E-state index contributed by atoms with van der Waals surface area (Å²) in [5, 5.41) is 10.7. The smallest absolute Gasteiger partial charge is 0.261 e. The minimum absolute atomic E-state index is 0.0559. The Morgan fingerprint density at radius 2 is 1.91 bits per heavy atom. The van der Waals surface area contributed by atoms with Gasteiger partial charge in [0.05, 0.1) is 10.6 Å². The molecule has 1 N–H and O–H groups in total. The number of hydrogen-bond acceptors (Lipinski definition) is 4. The molecule has 1 amide bonds. The Bertz CT molecular complexity index is 681. The molecule has 0 atom stereocenters. The predicted molar refractivity (Wildman–Crippen MR) is 87.5 cm³/mol. The zero-order valence-corrected chi connectivity index (χ0v) is 13.2. The van der Waals surface area contributed by atoms with Crippen LogP contribution in [0.4, 0.5) is 16.0 Å². The number of nitrogens with zero attached hydrogens (tertiary/aromatic N) is 3. The van der Waals surface area contributed by atoms with E-state index in [1.54, 1.807) is 12.1 Å². The molecule has 2 heterocycles. The number of aromatic nitrogens is 2. The van der Waals surface area contributed by atoms with Gasteiger partial charge in [-0.3, -0.25) is 4.79 Å². The van der Waals surface area contributed by atoms with Crippen molar-refractivity contribution in [2.45, 2.75) is 19.3 Å². The summed E-state index contributed by atoms with van der Waals surface area (Å²) in [4.78, 5) is 14.3. The van der Waals surface area contributed by atoms with Gasteiger partial charge in [0.25, 0.3) is 5.91 Å². The van der Waals surface area contributed by atoms with Crippen LogP contribution in [0.3, 0.4) is 0 Å². The second-order valence-corrected chi connectivity index (χ2v) is 5.78. The van der Waals surface area contributed by atoms with E-state index in [1.165, 1.54) is 24.6 Å². The lowest BCUT2D eigenvalue weighted by Gasteiger charge is -2.27. The first kappa shape index (κ1) is 15.7. The number of amides is 1. The highest BCUT2D eigenvalue weighted by Crippen LogP contribution is 2.21. The second kappa shape index (κ2) is 6.91. The van der Waals surface area contributed by atoms with E-state index in [4.69, 9.17) is 11.6 Å². The van der Waals surface area contributed by atoms with Gasteiger partial charge in [-0.05, 0) is 43.5 Å². The Morgan fingerprint density at radius 1 is 1.13 bits per heavy atom. The summed E-state index contributed by atoms with van der Waals surface area (Å²) in [6.45, 7) is 1.93. The van der Waals surface area contributed by atoms with E-state index < -0.39 is 11.7 Å². The molecule has 7 heteroatoms. The summed E-state index contributed by atoms with van der Waals surface area (Å²) >= 11 is 5.87. The highest BCUT2D eigenvalue weighted by molar-refractivity contribution is 6.34. The van der Waals surface area contributed by atoms with Gasteiger partial charge in [-0.1, -0.05) is 17.7 Å². The molecule has 1 aliphatic heterocycles. The van der Waals surface area contributed by atoms with Crippen LogP contribution in [-0.2, 0) is 0 Å². The van der Waals surface area contributed by atoms with Crippen molar-refractivity contribution in [3.63, 3.8) is 0 Å². The number of nitrogens with one attached hydrogen (secondary N) is 1. The highest BCUT2D eigenvalue weighted by atomic mass is 35.5. The Hall–Kier alpha value is -2.21. The highest BCUT2D eigenvalue weighted by Gasteiger charge is 2.17. The van der Waals surface area contributed by atoms with Crippen molar-refractivity contribution in [2.75, 3.05) is 23.3 Å². The molecule has 23 heavy (non-hydrogen) atoms. The van der Waals surface area contributed by atoms with Gasteiger partial charge in [0, 0.05) is 13.1 Å². The molecule has 0 unspecified atom stereocenters. The largest absolute Gasteiger partial charge is 0.355 e. The first-order valence-corrected chi connectivity index (χ1v) is 7.87. The average molecular weight is 335 g/mol. The summed E-state index contributed by atoms with van der Waals surface area (Å²) in [6, 6.07) is 7.55. The molecule has 0 radical (unpaired) electrons. The maximum Gasteiger partial charge on any atom is 0.261 e. The van der Waals surface area contributed by atoms with E-state index in [-0.39, 0.29) is 16.4 Å². The van der Waals surface area contributed by atoms with Gasteiger partial charge in [-0.25, -0.2) is 4.39 Å². The average Bonchev–Trinajstić information content (AvgIpc) is 2.56. The van der Waals surface area contributed by atoms with Crippen molar-refractivity contribution < 1.29 is 9.18 Å². The Labute approximate surface area is 138 Å². The van der Waals surface area contributed by atoms with E-state index in [0.717, 1.165) is 31.7 Å². The Kier molecular flexibility index (Phi) is 4.71. The van der Waals surface area contributed by atoms with Crippen LogP contribution in [0, 0.1) is 5.82 Å². The minimum Gasteiger partial charge on any atom is -0.355 e. The quantitative estimate of drug-likeness (QED) is 0.933. The van der Waals surface area contributed by atoms with Crippen molar-refractivity contribution >= 4 is 29.1 Å². The number of halogens is 2. The minimum atomic E-state index is -0.673. The van der Waals surface area contributed by atoms with Crippen LogP contribution >= 0.6 is 11.6 Å². The zero-order chi connectivity index (χ0) is 16.2. The monoisotopic (exact) mass is 334 g/mol. The van der Waals surface area contributed by atoms with Gasteiger partial charge in [-0.15, -0.1) is 10.2 Å². The number of rotatable bonds is 3. The lowest BCUT2D eigenvalue weighted by molar-refractivity contribution is 0.102. The third-order valence-electron chi connectivity index (χ3n) is 3.76. The van der Waals surface area contributed by atoms with Crippen LogP contribution in [0.5, 0.6) is 0 Å². The van der Waals surface area contributed by atoms with Gasteiger partial charge in [0.2, 0.25) is 0 Å².